The molecule has 2 aliphatic heterocycles. The Kier molecular flexibility index (Phi) is 5.80. The monoisotopic (exact) mass is 424 g/mol. The summed E-state index contributed by atoms with van der Waals surface area (Å²) in [5.74, 6) is -0.658. The van der Waals surface area contributed by atoms with Crippen molar-refractivity contribution >= 4 is 33.6 Å². The molecule has 2 aliphatic rings. The number of amides is 4. The van der Waals surface area contributed by atoms with Gasteiger partial charge >= 0.3 is 6.03 Å². The summed E-state index contributed by atoms with van der Waals surface area (Å²) in [6.07, 6.45) is 0.863. The van der Waals surface area contributed by atoms with Crippen LogP contribution in [0.1, 0.15) is 26.7 Å². The predicted molar refractivity (Wildman–Crippen MR) is 105 cm³/mol. The molecule has 0 unspecified atom stereocenters. The Balaban J connectivity index is 1.54. The van der Waals surface area contributed by atoms with E-state index in [1.807, 2.05) is 0 Å². The third-order valence-corrected chi connectivity index (χ3v) is 6.95. The lowest BCUT2D eigenvalue weighted by Gasteiger charge is -2.33. The third kappa shape index (κ3) is 5.04. The zero-order valence-electron chi connectivity index (χ0n) is 16.2. The number of hydrogen-bond acceptors (Lipinski definition) is 6. The summed E-state index contributed by atoms with van der Waals surface area (Å²) in [5.41, 5.74) is -0.805. The number of rotatable bonds is 6. The van der Waals surface area contributed by atoms with Gasteiger partial charge in [0.15, 0.2) is 0 Å². The van der Waals surface area contributed by atoms with Crippen molar-refractivity contribution in [3.05, 3.63) is 24.3 Å². The Labute approximate surface area is 169 Å². The number of benzene rings is 1. The highest BCUT2D eigenvalue weighted by Crippen LogP contribution is 2.24. The van der Waals surface area contributed by atoms with Crippen molar-refractivity contribution < 1.29 is 27.5 Å². The molecule has 0 saturated carbocycles. The number of imide groups is 1. The Hall–Kier alpha value is -2.66. The number of nitrogens with one attached hydrogen (secondary N) is 3. The van der Waals surface area contributed by atoms with E-state index >= 15 is 0 Å². The SMILES string of the molecule is CC(=O)Nc1ccc(OC2CCN(S(=O)(=O)C[C@]3(C)NC(=O)NC3=O)CC2)cc1. The zero-order valence-corrected chi connectivity index (χ0v) is 17.0. The van der Waals surface area contributed by atoms with Crippen molar-refractivity contribution in [1.82, 2.24) is 14.9 Å². The van der Waals surface area contributed by atoms with E-state index in [-0.39, 0.29) is 25.1 Å². The van der Waals surface area contributed by atoms with Crippen LogP contribution in [-0.2, 0) is 19.6 Å². The summed E-state index contributed by atoms with van der Waals surface area (Å²) in [6.45, 7) is 3.36. The minimum atomic E-state index is -3.73. The molecule has 3 N–H and O–H groups in total. The lowest BCUT2D eigenvalue weighted by Crippen LogP contribution is -2.53. The number of carbonyl (C=O) groups is 3. The van der Waals surface area contributed by atoms with E-state index in [0.717, 1.165) is 0 Å². The number of nitrogens with zero attached hydrogens (tertiary/aromatic N) is 1. The minimum Gasteiger partial charge on any atom is -0.490 e. The molecule has 0 radical (unpaired) electrons. The van der Waals surface area contributed by atoms with E-state index in [1.165, 1.54) is 18.2 Å². The van der Waals surface area contributed by atoms with Crippen LogP contribution in [0.4, 0.5) is 10.5 Å². The number of ether oxygens (including phenoxy) is 1. The molecule has 2 heterocycles. The van der Waals surface area contributed by atoms with Gasteiger partial charge in [0, 0.05) is 25.7 Å². The normalized spacial score (nSPS) is 23.4. The molecule has 158 valence electrons. The summed E-state index contributed by atoms with van der Waals surface area (Å²) in [6, 6.07) is 6.27. The number of urea groups is 1. The van der Waals surface area contributed by atoms with E-state index in [9.17, 15) is 22.8 Å². The molecule has 4 amide bonds. The van der Waals surface area contributed by atoms with Crippen LogP contribution in [0, 0.1) is 0 Å². The number of carbonyl (C=O) groups excluding carboxylic acids is 3. The smallest absolute Gasteiger partial charge is 0.322 e. The molecule has 29 heavy (non-hydrogen) atoms. The molecule has 1 atom stereocenters. The van der Waals surface area contributed by atoms with E-state index in [2.05, 4.69) is 16.0 Å². The number of piperidine rings is 1. The van der Waals surface area contributed by atoms with E-state index in [4.69, 9.17) is 4.74 Å². The second kappa shape index (κ2) is 7.99. The molecular formula is C18H24N4O6S. The highest BCUT2D eigenvalue weighted by atomic mass is 32.2. The Morgan fingerprint density at radius 2 is 1.86 bits per heavy atom. The van der Waals surface area contributed by atoms with Crippen molar-refractivity contribution in [1.29, 1.82) is 0 Å². The van der Waals surface area contributed by atoms with Crippen molar-refractivity contribution in [2.75, 3.05) is 24.2 Å². The van der Waals surface area contributed by atoms with E-state index in [0.29, 0.717) is 24.3 Å². The summed E-state index contributed by atoms with van der Waals surface area (Å²) in [4.78, 5) is 34.3. The Bertz CT molecular complexity index is 909. The van der Waals surface area contributed by atoms with Crippen LogP contribution in [0.5, 0.6) is 5.75 Å². The molecule has 10 nitrogen and oxygen atoms in total. The second-order valence-corrected chi connectivity index (χ2v) is 9.39. The van der Waals surface area contributed by atoms with Crippen LogP contribution in [0.15, 0.2) is 24.3 Å². The topological polar surface area (TPSA) is 134 Å². The van der Waals surface area contributed by atoms with Gasteiger partial charge in [-0.05, 0) is 44.0 Å². The van der Waals surface area contributed by atoms with Gasteiger partial charge in [-0.25, -0.2) is 17.5 Å². The number of hydrogen-bond donors (Lipinski definition) is 3. The maximum Gasteiger partial charge on any atom is 0.322 e. The van der Waals surface area contributed by atoms with E-state index < -0.39 is 33.3 Å². The van der Waals surface area contributed by atoms with Crippen molar-refractivity contribution in [2.24, 2.45) is 0 Å². The fourth-order valence-electron chi connectivity index (χ4n) is 3.38. The highest BCUT2D eigenvalue weighted by molar-refractivity contribution is 7.89. The first-order valence-electron chi connectivity index (χ1n) is 9.23. The summed E-state index contributed by atoms with van der Waals surface area (Å²) < 4.78 is 32.7. The maximum absolute atomic E-state index is 12.7. The molecular weight excluding hydrogens is 400 g/mol. The molecule has 3 rings (SSSR count). The molecule has 11 heteroatoms. The molecule has 0 aromatic heterocycles. The van der Waals surface area contributed by atoms with E-state index in [1.54, 1.807) is 24.3 Å². The van der Waals surface area contributed by atoms with Crippen molar-refractivity contribution in [3.8, 4) is 5.75 Å². The first-order chi connectivity index (χ1) is 13.6. The Morgan fingerprint density at radius 3 is 2.38 bits per heavy atom. The van der Waals surface area contributed by atoms with Crippen LogP contribution in [0.2, 0.25) is 0 Å². The third-order valence-electron chi connectivity index (χ3n) is 4.86. The van der Waals surface area contributed by atoms with Gasteiger partial charge in [-0.2, -0.15) is 0 Å². The van der Waals surface area contributed by atoms with Gasteiger partial charge in [-0.1, -0.05) is 0 Å². The summed E-state index contributed by atoms with van der Waals surface area (Å²) in [5, 5.41) is 7.12. The highest BCUT2D eigenvalue weighted by Gasteiger charge is 2.46. The van der Waals surface area contributed by atoms with Gasteiger partial charge in [0.2, 0.25) is 15.9 Å². The second-order valence-electron chi connectivity index (χ2n) is 7.42. The average Bonchev–Trinajstić information content (AvgIpc) is 2.87. The van der Waals surface area contributed by atoms with Crippen LogP contribution >= 0.6 is 0 Å². The lowest BCUT2D eigenvalue weighted by atomic mass is 10.1. The molecule has 1 aromatic carbocycles. The maximum atomic E-state index is 12.7. The zero-order chi connectivity index (χ0) is 21.2. The summed E-state index contributed by atoms with van der Waals surface area (Å²) >= 11 is 0. The fraction of sp³-hybridized carbons (Fsp3) is 0.500. The summed E-state index contributed by atoms with van der Waals surface area (Å²) in [7, 11) is -3.73. The molecule has 0 spiro atoms. The fourth-order valence-corrected chi connectivity index (χ4v) is 5.26. The van der Waals surface area contributed by atoms with Crippen molar-refractivity contribution in [3.63, 3.8) is 0 Å². The molecule has 0 bridgehead atoms. The molecule has 2 saturated heterocycles. The first kappa shape index (κ1) is 21.1. The minimum absolute atomic E-state index is 0.141. The van der Waals surface area contributed by atoms with Crippen LogP contribution in [0.3, 0.4) is 0 Å². The standard InChI is InChI=1S/C18H24N4O6S/c1-12(23)19-13-3-5-14(6-4-13)28-15-7-9-22(10-8-15)29(26,27)11-18(2)16(24)20-17(25)21-18/h3-6,15H,7-11H2,1-2H3,(H,19,23)(H2,20,21,24,25)/t18-/m0/s1. The number of anilines is 1. The van der Waals surface area contributed by atoms with Gasteiger partial charge in [-0.3, -0.25) is 14.9 Å². The largest absolute Gasteiger partial charge is 0.490 e. The average molecular weight is 424 g/mol. The number of sulfonamides is 1. The van der Waals surface area contributed by atoms with Gasteiger partial charge < -0.3 is 15.4 Å². The molecule has 1 aromatic rings. The van der Waals surface area contributed by atoms with Crippen molar-refractivity contribution in [2.45, 2.75) is 38.3 Å². The first-order valence-corrected chi connectivity index (χ1v) is 10.8. The molecule has 2 fully saturated rings. The van der Waals surface area contributed by atoms with Crippen LogP contribution < -0.4 is 20.7 Å². The lowest BCUT2D eigenvalue weighted by molar-refractivity contribution is -0.122. The Morgan fingerprint density at radius 1 is 1.24 bits per heavy atom. The van der Waals surface area contributed by atoms with Gasteiger partial charge in [0.05, 0.1) is 5.75 Å². The molecule has 0 aliphatic carbocycles. The van der Waals surface area contributed by atoms with Crippen LogP contribution in [0.25, 0.3) is 0 Å². The predicted octanol–water partition coefficient (Wildman–Crippen LogP) is 0.416. The van der Waals surface area contributed by atoms with Gasteiger partial charge in [0.25, 0.3) is 5.91 Å². The van der Waals surface area contributed by atoms with Gasteiger partial charge in [-0.15, -0.1) is 0 Å². The van der Waals surface area contributed by atoms with Gasteiger partial charge in [0.1, 0.15) is 17.4 Å². The van der Waals surface area contributed by atoms with Crippen LogP contribution in [-0.4, -0.2) is 61.1 Å². The quantitative estimate of drug-likeness (QED) is 0.567.